The standard InChI is InChI=1S/C9H16O/c1-3-9(4-2)7-5-6-8(9)10/h3-7H2,1-2H3. The Morgan fingerprint density at radius 2 is 2.00 bits per heavy atom. The Labute approximate surface area is 62.8 Å². The van der Waals surface area contributed by atoms with Gasteiger partial charge in [-0.05, 0) is 25.7 Å². The second kappa shape index (κ2) is 2.73. The molecule has 0 aliphatic heterocycles. The van der Waals surface area contributed by atoms with Crippen molar-refractivity contribution in [3.8, 4) is 0 Å². The van der Waals surface area contributed by atoms with Crippen molar-refractivity contribution >= 4 is 5.78 Å². The van der Waals surface area contributed by atoms with E-state index in [1.54, 1.807) is 0 Å². The van der Waals surface area contributed by atoms with E-state index in [1.807, 2.05) is 0 Å². The highest BCUT2D eigenvalue weighted by Crippen LogP contribution is 2.40. The van der Waals surface area contributed by atoms with Crippen molar-refractivity contribution in [3.63, 3.8) is 0 Å². The molecule has 10 heavy (non-hydrogen) atoms. The molecule has 1 fully saturated rings. The Hall–Kier alpha value is -0.330. The van der Waals surface area contributed by atoms with E-state index in [0.717, 1.165) is 32.1 Å². The summed E-state index contributed by atoms with van der Waals surface area (Å²) in [5.74, 6) is 0.512. The molecule has 0 atom stereocenters. The van der Waals surface area contributed by atoms with Gasteiger partial charge in [-0.15, -0.1) is 0 Å². The van der Waals surface area contributed by atoms with Gasteiger partial charge in [-0.25, -0.2) is 0 Å². The lowest BCUT2D eigenvalue weighted by molar-refractivity contribution is -0.126. The largest absolute Gasteiger partial charge is 0.299 e. The van der Waals surface area contributed by atoms with E-state index in [1.165, 1.54) is 0 Å². The van der Waals surface area contributed by atoms with E-state index < -0.39 is 0 Å². The lowest BCUT2D eigenvalue weighted by Crippen LogP contribution is -2.23. The van der Waals surface area contributed by atoms with Gasteiger partial charge in [0.05, 0.1) is 0 Å². The highest BCUT2D eigenvalue weighted by atomic mass is 16.1. The van der Waals surface area contributed by atoms with Crippen LogP contribution in [0.3, 0.4) is 0 Å². The third-order valence-corrected chi connectivity index (χ3v) is 3.00. The monoisotopic (exact) mass is 140 g/mol. The minimum Gasteiger partial charge on any atom is -0.299 e. The first kappa shape index (κ1) is 7.77. The van der Waals surface area contributed by atoms with Crippen molar-refractivity contribution < 1.29 is 4.79 Å². The molecule has 0 radical (unpaired) electrons. The maximum Gasteiger partial charge on any atom is 0.139 e. The van der Waals surface area contributed by atoms with E-state index >= 15 is 0 Å². The van der Waals surface area contributed by atoms with Crippen molar-refractivity contribution in [3.05, 3.63) is 0 Å². The van der Waals surface area contributed by atoms with Crippen LogP contribution in [0, 0.1) is 5.41 Å². The van der Waals surface area contributed by atoms with Crippen LogP contribution in [0.1, 0.15) is 46.0 Å². The fourth-order valence-corrected chi connectivity index (χ4v) is 1.99. The third-order valence-electron chi connectivity index (χ3n) is 3.00. The van der Waals surface area contributed by atoms with Crippen molar-refractivity contribution in [2.75, 3.05) is 0 Å². The topological polar surface area (TPSA) is 17.1 Å². The van der Waals surface area contributed by atoms with E-state index in [2.05, 4.69) is 13.8 Å². The predicted molar refractivity (Wildman–Crippen MR) is 41.9 cm³/mol. The first-order valence-corrected chi connectivity index (χ1v) is 4.28. The fourth-order valence-electron chi connectivity index (χ4n) is 1.99. The summed E-state index contributed by atoms with van der Waals surface area (Å²) in [7, 11) is 0. The number of ketones is 1. The van der Waals surface area contributed by atoms with Gasteiger partial charge in [0.2, 0.25) is 0 Å². The summed E-state index contributed by atoms with van der Waals surface area (Å²) in [5.41, 5.74) is 0.0972. The summed E-state index contributed by atoms with van der Waals surface area (Å²) < 4.78 is 0. The molecule has 0 N–H and O–H groups in total. The molecule has 0 amide bonds. The minimum absolute atomic E-state index is 0.0972. The highest BCUT2D eigenvalue weighted by Gasteiger charge is 2.37. The molecule has 0 heterocycles. The molecule has 1 aliphatic rings. The van der Waals surface area contributed by atoms with Crippen molar-refractivity contribution in [2.24, 2.45) is 5.41 Å². The molecular formula is C9H16O. The third kappa shape index (κ3) is 0.979. The van der Waals surface area contributed by atoms with Crippen LogP contribution < -0.4 is 0 Å². The maximum atomic E-state index is 11.4. The van der Waals surface area contributed by atoms with Gasteiger partial charge in [-0.3, -0.25) is 4.79 Å². The number of carbonyl (C=O) groups excluding carboxylic acids is 1. The summed E-state index contributed by atoms with van der Waals surface area (Å²) >= 11 is 0. The quantitative estimate of drug-likeness (QED) is 0.576. The van der Waals surface area contributed by atoms with Gasteiger partial charge >= 0.3 is 0 Å². The molecule has 0 aromatic rings. The predicted octanol–water partition coefficient (Wildman–Crippen LogP) is 2.55. The van der Waals surface area contributed by atoms with Gasteiger partial charge in [-0.2, -0.15) is 0 Å². The molecule has 0 unspecified atom stereocenters. The Kier molecular flexibility index (Phi) is 2.12. The normalized spacial score (nSPS) is 23.6. The van der Waals surface area contributed by atoms with Crippen LogP contribution in [-0.2, 0) is 4.79 Å². The van der Waals surface area contributed by atoms with Crippen LogP contribution in [0.4, 0.5) is 0 Å². The van der Waals surface area contributed by atoms with Crippen LogP contribution >= 0.6 is 0 Å². The minimum atomic E-state index is 0.0972. The molecule has 0 spiro atoms. The first-order chi connectivity index (χ1) is 4.75. The molecule has 1 nitrogen and oxygen atoms in total. The fraction of sp³-hybridized carbons (Fsp3) is 0.889. The summed E-state index contributed by atoms with van der Waals surface area (Å²) in [6.07, 6.45) is 5.19. The van der Waals surface area contributed by atoms with Crippen LogP contribution in [0.2, 0.25) is 0 Å². The zero-order chi connectivity index (χ0) is 7.61. The number of carbonyl (C=O) groups is 1. The molecule has 0 bridgehead atoms. The van der Waals surface area contributed by atoms with Gasteiger partial charge in [-0.1, -0.05) is 13.8 Å². The number of hydrogen-bond donors (Lipinski definition) is 0. The highest BCUT2D eigenvalue weighted by molar-refractivity contribution is 5.86. The zero-order valence-corrected chi connectivity index (χ0v) is 6.94. The van der Waals surface area contributed by atoms with Crippen molar-refractivity contribution in [2.45, 2.75) is 46.0 Å². The van der Waals surface area contributed by atoms with Crippen molar-refractivity contribution in [1.29, 1.82) is 0 Å². The van der Waals surface area contributed by atoms with Crippen LogP contribution in [-0.4, -0.2) is 5.78 Å². The zero-order valence-electron chi connectivity index (χ0n) is 6.94. The molecule has 1 rings (SSSR count). The molecule has 58 valence electrons. The van der Waals surface area contributed by atoms with E-state index in [0.29, 0.717) is 5.78 Å². The average Bonchev–Trinajstić information content (AvgIpc) is 2.32. The second-order valence-corrected chi connectivity index (χ2v) is 3.26. The van der Waals surface area contributed by atoms with E-state index in [-0.39, 0.29) is 5.41 Å². The molecule has 0 aromatic heterocycles. The summed E-state index contributed by atoms with van der Waals surface area (Å²) in [5, 5.41) is 0. The molecular weight excluding hydrogens is 124 g/mol. The molecule has 1 heteroatoms. The lowest BCUT2D eigenvalue weighted by Gasteiger charge is -2.22. The second-order valence-electron chi connectivity index (χ2n) is 3.26. The van der Waals surface area contributed by atoms with E-state index in [9.17, 15) is 4.79 Å². The summed E-state index contributed by atoms with van der Waals surface area (Å²) in [6, 6.07) is 0. The Balaban J connectivity index is 2.71. The Bertz CT molecular complexity index is 134. The number of Topliss-reactive ketones (excluding diaryl/α,β-unsaturated/α-hetero) is 1. The van der Waals surface area contributed by atoms with E-state index in [4.69, 9.17) is 0 Å². The SMILES string of the molecule is CCC1(CC)CCCC1=O. The van der Waals surface area contributed by atoms with Crippen LogP contribution in [0.25, 0.3) is 0 Å². The smallest absolute Gasteiger partial charge is 0.139 e. The lowest BCUT2D eigenvalue weighted by atomic mass is 9.80. The van der Waals surface area contributed by atoms with Gasteiger partial charge < -0.3 is 0 Å². The van der Waals surface area contributed by atoms with Gasteiger partial charge in [0, 0.05) is 11.8 Å². The van der Waals surface area contributed by atoms with Gasteiger partial charge in [0.1, 0.15) is 5.78 Å². The molecule has 0 aromatic carbocycles. The summed E-state index contributed by atoms with van der Waals surface area (Å²) in [6.45, 7) is 4.26. The average molecular weight is 140 g/mol. The number of hydrogen-bond acceptors (Lipinski definition) is 1. The van der Waals surface area contributed by atoms with Crippen LogP contribution in [0.15, 0.2) is 0 Å². The molecule has 1 aliphatic carbocycles. The van der Waals surface area contributed by atoms with Crippen molar-refractivity contribution in [1.82, 2.24) is 0 Å². The van der Waals surface area contributed by atoms with Gasteiger partial charge in [0.25, 0.3) is 0 Å². The maximum absolute atomic E-state index is 11.4. The first-order valence-electron chi connectivity index (χ1n) is 4.28. The molecule has 1 saturated carbocycles. The van der Waals surface area contributed by atoms with Gasteiger partial charge in [0.15, 0.2) is 0 Å². The Morgan fingerprint density at radius 1 is 1.40 bits per heavy atom. The summed E-state index contributed by atoms with van der Waals surface area (Å²) in [4.78, 5) is 11.4. The van der Waals surface area contributed by atoms with Crippen LogP contribution in [0.5, 0.6) is 0 Å². The number of rotatable bonds is 2. The Morgan fingerprint density at radius 3 is 2.20 bits per heavy atom. The molecule has 0 saturated heterocycles.